The molecule has 0 spiro atoms. The highest BCUT2D eigenvalue weighted by Gasteiger charge is 2.14. The molecule has 0 unspecified atom stereocenters. The lowest BCUT2D eigenvalue weighted by Crippen LogP contribution is -2.25. The van der Waals surface area contributed by atoms with Gasteiger partial charge in [0.2, 0.25) is 0 Å². The minimum atomic E-state index is -0.0407. The van der Waals surface area contributed by atoms with Crippen LogP contribution < -0.4 is 5.32 Å². The Morgan fingerprint density at radius 2 is 2.23 bits per heavy atom. The van der Waals surface area contributed by atoms with Gasteiger partial charge in [-0.05, 0) is 30.5 Å². The number of hydrogen-bond donors (Lipinski definition) is 1. The first-order valence-electron chi connectivity index (χ1n) is 6.86. The summed E-state index contributed by atoms with van der Waals surface area (Å²) in [6, 6.07) is 9.52. The summed E-state index contributed by atoms with van der Waals surface area (Å²) in [6.45, 7) is 0.671. The number of benzene rings is 1. The third-order valence-corrected chi connectivity index (χ3v) is 4.93. The molecule has 0 saturated heterocycles. The number of nitrogens with zero attached hydrogens (tertiary/aromatic N) is 2. The van der Waals surface area contributed by atoms with E-state index >= 15 is 0 Å². The molecule has 0 bridgehead atoms. The summed E-state index contributed by atoms with van der Waals surface area (Å²) in [7, 11) is 0. The lowest BCUT2D eigenvalue weighted by atomic mass is 10.2. The highest BCUT2D eigenvalue weighted by molar-refractivity contribution is 7.98. The summed E-state index contributed by atoms with van der Waals surface area (Å²) < 4.78 is 0.919. The minimum Gasteiger partial charge on any atom is -0.351 e. The number of fused-ring (bicyclic) bond motifs is 1. The maximum absolute atomic E-state index is 12.3. The molecule has 2 heterocycles. The Kier molecular flexibility index (Phi) is 4.70. The maximum Gasteiger partial charge on any atom is 0.252 e. The Morgan fingerprint density at radius 3 is 3.00 bits per heavy atom. The fourth-order valence-electron chi connectivity index (χ4n) is 2.10. The number of hydrogen-bond acceptors (Lipinski definition) is 5. The molecule has 0 radical (unpaired) electrons. The zero-order valence-corrected chi connectivity index (χ0v) is 13.7. The second-order valence-electron chi connectivity index (χ2n) is 4.66. The van der Waals surface area contributed by atoms with Crippen molar-refractivity contribution in [2.75, 3.05) is 18.6 Å². The molecule has 0 aliphatic rings. The summed E-state index contributed by atoms with van der Waals surface area (Å²) in [5, 5.41) is 3.83. The first kappa shape index (κ1) is 15.0. The number of rotatable bonds is 5. The van der Waals surface area contributed by atoms with Crippen molar-refractivity contribution < 1.29 is 4.79 Å². The predicted octanol–water partition coefficient (Wildman–Crippen LogP) is 3.45. The molecule has 0 aliphatic carbocycles. The van der Waals surface area contributed by atoms with Crippen molar-refractivity contribution in [3.8, 4) is 10.6 Å². The molecule has 0 fully saturated rings. The molecule has 0 atom stereocenters. The number of thiazole rings is 1. The molecule has 4 nitrogen and oxygen atoms in total. The van der Waals surface area contributed by atoms with Crippen LogP contribution in [0, 0.1) is 0 Å². The van der Waals surface area contributed by atoms with Crippen LogP contribution in [0.25, 0.3) is 20.8 Å². The average Bonchev–Trinajstić information content (AvgIpc) is 3.00. The fourth-order valence-corrected chi connectivity index (χ4v) is 3.47. The SMILES string of the molecule is CSCCNC(=O)c1cccc2nc(-c3cccnc3)sc12. The van der Waals surface area contributed by atoms with Gasteiger partial charge in [-0.25, -0.2) is 4.98 Å². The number of pyridine rings is 1. The number of amides is 1. The molecule has 1 aromatic carbocycles. The van der Waals surface area contributed by atoms with Crippen LogP contribution in [0.1, 0.15) is 10.4 Å². The van der Waals surface area contributed by atoms with Crippen molar-refractivity contribution >= 4 is 39.2 Å². The van der Waals surface area contributed by atoms with Gasteiger partial charge < -0.3 is 5.32 Å². The predicted molar refractivity (Wildman–Crippen MR) is 93.6 cm³/mol. The first-order chi connectivity index (χ1) is 10.8. The quantitative estimate of drug-likeness (QED) is 0.729. The number of aromatic nitrogens is 2. The molecule has 112 valence electrons. The van der Waals surface area contributed by atoms with Crippen LogP contribution in [0.5, 0.6) is 0 Å². The van der Waals surface area contributed by atoms with Gasteiger partial charge in [0.15, 0.2) is 0 Å². The molecular formula is C16H15N3OS2. The van der Waals surface area contributed by atoms with Crippen molar-refractivity contribution in [2.45, 2.75) is 0 Å². The molecule has 1 N–H and O–H groups in total. The van der Waals surface area contributed by atoms with E-state index in [1.54, 1.807) is 24.2 Å². The summed E-state index contributed by atoms with van der Waals surface area (Å²) in [4.78, 5) is 21.1. The monoisotopic (exact) mass is 329 g/mol. The van der Waals surface area contributed by atoms with E-state index in [2.05, 4.69) is 15.3 Å². The largest absolute Gasteiger partial charge is 0.351 e. The average molecular weight is 329 g/mol. The zero-order valence-electron chi connectivity index (χ0n) is 12.1. The first-order valence-corrected chi connectivity index (χ1v) is 9.07. The molecule has 22 heavy (non-hydrogen) atoms. The molecule has 6 heteroatoms. The van der Waals surface area contributed by atoms with Gasteiger partial charge in [-0.2, -0.15) is 11.8 Å². The van der Waals surface area contributed by atoms with Gasteiger partial charge in [0, 0.05) is 30.3 Å². The molecule has 0 saturated carbocycles. The maximum atomic E-state index is 12.3. The molecule has 0 aliphatic heterocycles. The van der Waals surface area contributed by atoms with E-state index in [1.165, 1.54) is 11.3 Å². The third-order valence-electron chi connectivity index (χ3n) is 3.16. The molecule has 3 rings (SSSR count). The topological polar surface area (TPSA) is 54.9 Å². The highest BCUT2D eigenvalue weighted by Crippen LogP contribution is 2.31. The van der Waals surface area contributed by atoms with E-state index in [-0.39, 0.29) is 5.91 Å². The van der Waals surface area contributed by atoms with Crippen molar-refractivity contribution in [2.24, 2.45) is 0 Å². The Bertz CT molecular complexity index is 786. The highest BCUT2D eigenvalue weighted by atomic mass is 32.2. The van der Waals surface area contributed by atoms with Gasteiger partial charge in [-0.1, -0.05) is 6.07 Å². The summed E-state index contributed by atoms with van der Waals surface area (Å²) in [5.74, 6) is 0.867. The van der Waals surface area contributed by atoms with E-state index in [9.17, 15) is 4.79 Å². The lowest BCUT2D eigenvalue weighted by molar-refractivity contribution is 0.0958. The van der Waals surface area contributed by atoms with Crippen molar-refractivity contribution in [1.29, 1.82) is 0 Å². The van der Waals surface area contributed by atoms with E-state index in [1.807, 2.05) is 36.6 Å². The second-order valence-corrected chi connectivity index (χ2v) is 6.65. The van der Waals surface area contributed by atoms with Gasteiger partial charge >= 0.3 is 0 Å². The lowest BCUT2D eigenvalue weighted by Gasteiger charge is -2.04. The van der Waals surface area contributed by atoms with Gasteiger partial charge in [-0.15, -0.1) is 11.3 Å². The Morgan fingerprint density at radius 1 is 1.32 bits per heavy atom. The van der Waals surface area contributed by atoms with Crippen LogP contribution in [-0.2, 0) is 0 Å². The number of carbonyl (C=O) groups excluding carboxylic acids is 1. The minimum absolute atomic E-state index is 0.0407. The zero-order chi connectivity index (χ0) is 15.4. The van der Waals surface area contributed by atoms with Gasteiger partial charge in [0.05, 0.1) is 15.8 Å². The Labute approximate surface area is 137 Å². The van der Waals surface area contributed by atoms with Crippen LogP contribution in [0.4, 0.5) is 0 Å². The van der Waals surface area contributed by atoms with E-state index < -0.39 is 0 Å². The third kappa shape index (κ3) is 3.13. The number of carbonyl (C=O) groups is 1. The van der Waals surface area contributed by atoms with Crippen molar-refractivity contribution in [3.63, 3.8) is 0 Å². The van der Waals surface area contributed by atoms with E-state index in [0.717, 1.165) is 26.5 Å². The smallest absolute Gasteiger partial charge is 0.252 e. The van der Waals surface area contributed by atoms with Gasteiger partial charge in [0.1, 0.15) is 5.01 Å². The fraction of sp³-hybridized carbons (Fsp3) is 0.188. The molecular weight excluding hydrogens is 314 g/mol. The van der Waals surface area contributed by atoms with Crippen LogP contribution in [0.3, 0.4) is 0 Å². The molecule has 3 aromatic rings. The standard InChI is InChI=1S/C16H15N3OS2/c1-21-9-8-18-15(20)12-5-2-6-13-14(12)22-16(19-13)11-4-3-7-17-10-11/h2-7,10H,8-9H2,1H3,(H,18,20). The summed E-state index contributed by atoms with van der Waals surface area (Å²) >= 11 is 3.24. The normalized spacial score (nSPS) is 10.8. The van der Waals surface area contributed by atoms with Crippen LogP contribution in [0.2, 0.25) is 0 Å². The summed E-state index contributed by atoms with van der Waals surface area (Å²) in [6.07, 6.45) is 5.55. The van der Waals surface area contributed by atoms with Gasteiger partial charge in [-0.3, -0.25) is 9.78 Å². The Balaban J connectivity index is 1.95. The molecule has 1 amide bonds. The number of nitrogens with one attached hydrogen (secondary N) is 1. The number of thioether (sulfide) groups is 1. The Hall–Kier alpha value is -1.92. The van der Waals surface area contributed by atoms with Gasteiger partial charge in [0.25, 0.3) is 5.91 Å². The second kappa shape index (κ2) is 6.89. The van der Waals surface area contributed by atoms with Crippen LogP contribution in [-0.4, -0.2) is 34.4 Å². The van der Waals surface area contributed by atoms with E-state index in [0.29, 0.717) is 12.1 Å². The van der Waals surface area contributed by atoms with E-state index in [4.69, 9.17) is 0 Å². The summed E-state index contributed by atoms with van der Waals surface area (Å²) in [5.41, 5.74) is 2.50. The van der Waals surface area contributed by atoms with Crippen LogP contribution in [0.15, 0.2) is 42.7 Å². The van der Waals surface area contributed by atoms with Crippen LogP contribution >= 0.6 is 23.1 Å². The van der Waals surface area contributed by atoms with Crippen molar-refractivity contribution in [3.05, 3.63) is 48.3 Å². The van der Waals surface area contributed by atoms with Crippen molar-refractivity contribution in [1.82, 2.24) is 15.3 Å². The molecule has 2 aromatic heterocycles.